The zero-order chi connectivity index (χ0) is 14.7. The minimum Gasteiger partial charge on any atom is -0.393 e. The van der Waals surface area contributed by atoms with E-state index in [9.17, 15) is 9.90 Å². The van der Waals surface area contributed by atoms with Crippen molar-refractivity contribution in [3.05, 3.63) is 0 Å². The first-order chi connectivity index (χ1) is 9.01. The zero-order valence-corrected chi connectivity index (χ0v) is 12.6. The van der Waals surface area contributed by atoms with Gasteiger partial charge in [0, 0.05) is 0 Å². The molecule has 0 aromatic carbocycles. The van der Waals surface area contributed by atoms with E-state index in [1.54, 1.807) is 6.92 Å². The van der Waals surface area contributed by atoms with Crippen molar-refractivity contribution in [3.63, 3.8) is 0 Å². The molecule has 5 heteroatoms. The number of hydrogen-bond donors (Lipinski definition) is 1. The van der Waals surface area contributed by atoms with E-state index in [1.165, 1.54) is 0 Å². The highest BCUT2D eigenvalue weighted by atomic mass is 17.5. The number of hydrogen-bond acceptors (Lipinski definition) is 5. The summed E-state index contributed by atoms with van der Waals surface area (Å²) in [6, 6.07) is 0. The molecule has 0 aromatic rings. The van der Waals surface area contributed by atoms with Gasteiger partial charge in [-0.3, -0.25) is 4.89 Å². The van der Waals surface area contributed by atoms with E-state index in [-0.39, 0.29) is 30.5 Å². The third-order valence-corrected chi connectivity index (χ3v) is 2.99. The van der Waals surface area contributed by atoms with E-state index in [0.717, 1.165) is 25.7 Å². The van der Waals surface area contributed by atoms with Crippen molar-refractivity contribution in [1.82, 2.24) is 0 Å². The summed E-state index contributed by atoms with van der Waals surface area (Å²) >= 11 is 0. The summed E-state index contributed by atoms with van der Waals surface area (Å²) in [5.74, 6) is -0.363. The lowest BCUT2D eigenvalue weighted by Crippen LogP contribution is -2.19. The summed E-state index contributed by atoms with van der Waals surface area (Å²) in [5, 5.41) is 13.7. The normalized spacial score (nSPS) is 15.8. The molecule has 3 unspecified atom stereocenters. The first-order valence-electron chi connectivity index (χ1n) is 7.19. The van der Waals surface area contributed by atoms with Crippen molar-refractivity contribution >= 4 is 5.97 Å². The third kappa shape index (κ3) is 9.87. The average Bonchev–Trinajstić information content (AvgIpc) is 2.34. The third-order valence-electron chi connectivity index (χ3n) is 2.99. The van der Waals surface area contributed by atoms with E-state index in [4.69, 9.17) is 4.89 Å². The Hall–Kier alpha value is -0.650. The molecule has 114 valence electrons. The number of carbonyl (C=O) groups is 1. The predicted octanol–water partition coefficient (Wildman–Crippen LogP) is 3.02. The van der Waals surface area contributed by atoms with Gasteiger partial charge in [-0.15, -0.1) is 0 Å². The highest BCUT2D eigenvalue weighted by Crippen LogP contribution is 2.14. The molecule has 0 saturated heterocycles. The molecular weight excluding hydrogens is 248 g/mol. The van der Waals surface area contributed by atoms with Crippen molar-refractivity contribution in [3.8, 4) is 0 Å². The monoisotopic (exact) mass is 276 g/mol. The summed E-state index contributed by atoms with van der Waals surface area (Å²) in [5.41, 5.74) is 0. The van der Waals surface area contributed by atoms with Crippen molar-refractivity contribution in [2.75, 3.05) is 6.61 Å². The number of unbranched alkanes of at least 4 members (excludes halogenated alkanes) is 1. The van der Waals surface area contributed by atoms with Crippen LogP contribution >= 0.6 is 0 Å². The topological polar surface area (TPSA) is 65.0 Å². The summed E-state index contributed by atoms with van der Waals surface area (Å²) < 4.78 is 0. The largest absolute Gasteiger partial charge is 0.393 e. The van der Waals surface area contributed by atoms with Gasteiger partial charge in [0.1, 0.15) is 0 Å². The second-order valence-electron chi connectivity index (χ2n) is 5.19. The van der Waals surface area contributed by atoms with Crippen LogP contribution in [0.1, 0.15) is 59.8 Å². The molecule has 0 aliphatic rings. The molecule has 0 radical (unpaired) electrons. The van der Waals surface area contributed by atoms with Gasteiger partial charge in [0.15, 0.2) is 0 Å². The molecule has 0 amide bonds. The number of carbonyl (C=O) groups excluding carboxylic acids is 1. The molecule has 0 saturated carbocycles. The average molecular weight is 276 g/mol. The van der Waals surface area contributed by atoms with Crippen molar-refractivity contribution in [2.24, 2.45) is 11.8 Å². The predicted molar refractivity (Wildman–Crippen MR) is 71.9 cm³/mol. The van der Waals surface area contributed by atoms with Gasteiger partial charge in [-0.2, -0.15) is 4.89 Å². The first-order valence-corrected chi connectivity index (χ1v) is 7.19. The van der Waals surface area contributed by atoms with Crippen molar-refractivity contribution < 1.29 is 24.7 Å². The molecule has 1 N–H and O–H groups in total. The molecule has 0 spiro atoms. The number of rotatable bonds is 11. The van der Waals surface area contributed by atoms with Crippen LogP contribution in [0.2, 0.25) is 0 Å². The molecule has 0 rings (SSSR count). The fourth-order valence-electron chi connectivity index (χ4n) is 1.86. The summed E-state index contributed by atoms with van der Waals surface area (Å²) in [7, 11) is 0. The Bertz CT molecular complexity index is 230. The Morgan fingerprint density at radius 1 is 1.26 bits per heavy atom. The van der Waals surface area contributed by atoms with Gasteiger partial charge in [0.2, 0.25) is 0 Å². The molecule has 3 atom stereocenters. The maximum Gasteiger partial charge on any atom is 0.348 e. The highest BCUT2D eigenvalue weighted by molar-refractivity contribution is 5.71. The fourth-order valence-corrected chi connectivity index (χ4v) is 1.86. The molecular formula is C14H28O5. The molecule has 0 heterocycles. The van der Waals surface area contributed by atoms with Gasteiger partial charge in [-0.25, -0.2) is 4.79 Å². The van der Waals surface area contributed by atoms with Crippen LogP contribution in [0.3, 0.4) is 0 Å². The molecule has 0 aromatic heterocycles. The van der Waals surface area contributed by atoms with Crippen LogP contribution in [0.4, 0.5) is 0 Å². The standard InChI is InChI=1S/C14H28O5/c1-5-7-8-13(6-2)14(16)18-19-17-10-11(3)9-12(4)15/h11-13,15H,5-10H2,1-4H3. The Morgan fingerprint density at radius 3 is 2.47 bits per heavy atom. The van der Waals surface area contributed by atoms with E-state index < -0.39 is 0 Å². The van der Waals surface area contributed by atoms with Crippen LogP contribution in [-0.2, 0) is 19.6 Å². The van der Waals surface area contributed by atoms with Crippen LogP contribution in [-0.4, -0.2) is 23.8 Å². The van der Waals surface area contributed by atoms with Crippen LogP contribution in [0, 0.1) is 11.8 Å². The molecule has 0 aliphatic carbocycles. The van der Waals surface area contributed by atoms with Gasteiger partial charge >= 0.3 is 5.97 Å². The van der Waals surface area contributed by atoms with E-state index in [2.05, 4.69) is 16.8 Å². The maximum absolute atomic E-state index is 11.6. The SMILES string of the molecule is CCCCC(CC)C(=O)OOOCC(C)CC(C)O. The molecule has 0 bridgehead atoms. The summed E-state index contributed by atoms with van der Waals surface area (Å²) in [4.78, 5) is 21.1. The molecule has 5 nitrogen and oxygen atoms in total. The lowest BCUT2D eigenvalue weighted by molar-refractivity contribution is -0.490. The minimum atomic E-state index is -0.376. The second-order valence-corrected chi connectivity index (χ2v) is 5.19. The van der Waals surface area contributed by atoms with Crippen LogP contribution in [0.15, 0.2) is 0 Å². The Morgan fingerprint density at radius 2 is 1.95 bits per heavy atom. The second kappa shape index (κ2) is 11.2. The number of aliphatic hydroxyl groups is 1. The van der Waals surface area contributed by atoms with E-state index in [1.807, 2.05) is 13.8 Å². The maximum atomic E-state index is 11.6. The van der Waals surface area contributed by atoms with E-state index in [0.29, 0.717) is 6.42 Å². The fraction of sp³-hybridized carbons (Fsp3) is 0.929. The molecule has 0 fully saturated rings. The smallest absolute Gasteiger partial charge is 0.348 e. The minimum absolute atomic E-state index is 0.126. The van der Waals surface area contributed by atoms with Gasteiger partial charge in [-0.05, 0) is 37.1 Å². The van der Waals surface area contributed by atoms with E-state index >= 15 is 0 Å². The van der Waals surface area contributed by atoms with Crippen LogP contribution in [0.5, 0.6) is 0 Å². The van der Waals surface area contributed by atoms with Crippen molar-refractivity contribution in [2.45, 2.75) is 65.9 Å². The Labute approximate surface area is 116 Å². The zero-order valence-electron chi connectivity index (χ0n) is 12.6. The van der Waals surface area contributed by atoms with Gasteiger partial charge in [-0.1, -0.05) is 33.6 Å². The highest BCUT2D eigenvalue weighted by Gasteiger charge is 2.19. The Kier molecular flexibility index (Phi) is 10.8. The first kappa shape index (κ1) is 18.4. The Balaban J connectivity index is 3.71. The lowest BCUT2D eigenvalue weighted by Gasteiger charge is -2.13. The van der Waals surface area contributed by atoms with Crippen LogP contribution in [0.25, 0.3) is 0 Å². The quantitative estimate of drug-likeness (QED) is 0.357. The molecule has 19 heavy (non-hydrogen) atoms. The summed E-state index contributed by atoms with van der Waals surface area (Å²) in [6.07, 6.45) is 3.84. The number of aliphatic hydroxyl groups excluding tert-OH is 1. The lowest BCUT2D eigenvalue weighted by atomic mass is 10.00. The summed E-state index contributed by atoms with van der Waals surface area (Å²) in [6.45, 7) is 7.96. The van der Waals surface area contributed by atoms with Gasteiger partial charge in [0.25, 0.3) is 0 Å². The van der Waals surface area contributed by atoms with Crippen molar-refractivity contribution in [1.29, 1.82) is 0 Å². The van der Waals surface area contributed by atoms with Gasteiger partial charge in [0.05, 0.1) is 18.6 Å². The van der Waals surface area contributed by atoms with Crippen LogP contribution < -0.4 is 0 Å². The van der Waals surface area contributed by atoms with Gasteiger partial charge < -0.3 is 5.11 Å². The molecule has 0 aliphatic heterocycles.